The summed E-state index contributed by atoms with van der Waals surface area (Å²) in [7, 11) is 2.94. The van der Waals surface area contributed by atoms with Crippen molar-refractivity contribution in [3.8, 4) is 5.88 Å². The van der Waals surface area contributed by atoms with Crippen LogP contribution < -0.4 is 56.5 Å². The van der Waals surface area contributed by atoms with E-state index < -0.39 is 11.8 Å². The van der Waals surface area contributed by atoms with E-state index in [2.05, 4.69) is 10.2 Å². The van der Waals surface area contributed by atoms with Crippen LogP contribution in [0.3, 0.4) is 0 Å². The number of allylic oxidation sites excluding steroid dienone is 2. The molecule has 2 saturated heterocycles. The van der Waals surface area contributed by atoms with Gasteiger partial charge in [-0.3, -0.25) is 19.1 Å². The Kier molecular flexibility index (Phi) is 9.20. The van der Waals surface area contributed by atoms with Gasteiger partial charge in [0.25, 0.3) is 17.7 Å². The van der Waals surface area contributed by atoms with E-state index in [4.69, 9.17) is 9.47 Å². The van der Waals surface area contributed by atoms with Crippen molar-refractivity contribution in [1.82, 2.24) is 24.6 Å². The van der Waals surface area contributed by atoms with Gasteiger partial charge < -0.3 is 24.4 Å². The molecule has 34 heavy (non-hydrogen) atoms. The molecule has 0 bridgehead atoms. The number of hydrogen-bond donors (Lipinski definition) is 0. The third-order valence-corrected chi connectivity index (χ3v) is 5.59. The van der Waals surface area contributed by atoms with Gasteiger partial charge >= 0.3 is 51.4 Å². The monoisotopic (exact) mass is 496 g/mol. The maximum Gasteiger partial charge on any atom is 1.00 e. The Hall–Kier alpha value is -1.87. The van der Waals surface area contributed by atoms with Crippen molar-refractivity contribution in [3.05, 3.63) is 29.0 Å². The zero-order valence-corrected chi connectivity index (χ0v) is 22.6. The number of carbonyl (C=O) groups is 3. The molecule has 4 rings (SSSR count). The smallest absolute Gasteiger partial charge is 0.858 e. The van der Waals surface area contributed by atoms with E-state index in [9.17, 15) is 19.5 Å². The van der Waals surface area contributed by atoms with Crippen molar-refractivity contribution < 1.29 is 80.3 Å². The number of amides is 3. The number of ether oxygens (including phenoxy) is 2. The topological polar surface area (TPSA) is 133 Å². The van der Waals surface area contributed by atoms with E-state index in [1.807, 2.05) is 0 Å². The van der Waals surface area contributed by atoms with Crippen molar-refractivity contribution in [2.45, 2.75) is 0 Å². The molecule has 0 N–H and O–H groups in total. The second-order valence-electron chi connectivity index (χ2n) is 7.72. The van der Waals surface area contributed by atoms with E-state index in [1.165, 1.54) is 32.3 Å². The van der Waals surface area contributed by atoms with Crippen LogP contribution in [0.1, 0.15) is 16.1 Å². The van der Waals surface area contributed by atoms with Gasteiger partial charge in [0.1, 0.15) is 0 Å². The summed E-state index contributed by atoms with van der Waals surface area (Å²) >= 11 is 0. The molecule has 1 aromatic heterocycles. The van der Waals surface area contributed by atoms with Crippen LogP contribution in [-0.4, -0.2) is 108 Å². The molecule has 0 radical (unpaired) electrons. The molecule has 0 unspecified atom stereocenters. The molecule has 3 aliphatic rings. The second kappa shape index (κ2) is 11.7. The van der Waals surface area contributed by atoms with Crippen molar-refractivity contribution in [2.75, 3.05) is 59.7 Å². The van der Waals surface area contributed by atoms with Gasteiger partial charge in [0, 0.05) is 45.8 Å². The zero-order valence-electron chi connectivity index (χ0n) is 19.5. The van der Waals surface area contributed by atoms with Crippen molar-refractivity contribution >= 4 is 29.5 Å². The summed E-state index contributed by atoms with van der Waals surface area (Å²) in [6, 6.07) is 0. The van der Waals surface area contributed by atoms with Crippen LogP contribution in [0.15, 0.2) is 22.8 Å². The van der Waals surface area contributed by atoms with E-state index in [0.29, 0.717) is 52.6 Å². The molecule has 176 valence electrons. The van der Waals surface area contributed by atoms with E-state index >= 15 is 0 Å². The third kappa shape index (κ3) is 5.51. The van der Waals surface area contributed by atoms with Crippen molar-refractivity contribution in [3.63, 3.8) is 0 Å². The number of aromatic nitrogens is 2. The Labute approximate surface area is 239 Å². The largest absolute Gasteiger partial charge is 1.00 e. The van der Waals surface area contributed by atoms with Gasteiger partial charge in [0.2, 0.25) is 0 Å². The molecule has 0 saturated carbocycles. The fourth-order valence-electron chi connectivity index (χ4n) is 3.74. The molecule has 1 aromatic rings. The van der Waals surface area contributed by atoms with Gasteiger partial charge in [-0.1, -0.05) is 12.2 Å². The summed E-state index contributed by atoms with van der Waals surface area (Å²) in [6.07, 6.45) is 4.32. The van der Waals surface area contributed by atoms with Crippen LogP contribution in [0.5, 0.6) is 5.88 Å². The van der Waals surface area contributed by atoms with Crippen LogP contribution in [0, 0.1) is 0 Å². The molecule has 0 atom stereocenters. The van der Waals surface area contributed by atoms with Crippen molar-refractivity contribution in [1.29, 1.82) is 0 Å². The predicted molar refractivity (Wildman–Crippen MR) is 114 cm³/mol. The van der Waals surface area contributed by atoms with Crippen LogP contribution in [0.4, 0.5) is 0 Å². The summed E-state index contributed by atoms with van der Waals surface area (Å²) in [5, 5.41) is 21.9. The molecule has 3 aliphatic heterocycles. The summed E-state index contributed by atoms with van der Waals surface area (Å²) in [5.41, 5.74) is 0.296. The first-order chi connectivity index (χ1) is 15.9. The second-order valence-corrected chi connectivity index (χ2v) is 7.72. The van der Waals surface area contributed by atoms with Gasteiger partial charge in [-0.25, -0.2) is 5.01 Å². The third-order valence-electron chi connectivity index (χ3n) is 5.59. The van der Waals surface area contributed by atoms with Gasteiger partial charge in [0.15, 0.2) is 11.4 Å². The Balaban J connectivity index is 0.00000324. The predicted octanol–water partition coefficient (Wildman–Crippen LogP) is -4.40. The molecule has 13 heteroatoms. The summed E-state index contributed by atoms with van der Waals surface area (Å²) in [4.78, 5) is 41.5. The standard InChI is InChI=1S/C21H26N6O6.K/c1-24-18(28)14(16(22-24)20(30)26-6-10-32-11-7-26)4-3-5-15-17(23-25(2)19(15)29)21(31)27-8-12-33-13-9-27;/h3-5,28H,6-13H2,1-2H3;/q;+1/p-1. The minimum absolute atomic E-state index is 0. The average molecular weight is 497 g/mol. The zero-order chi connectivity index (χ0) is 23.5. The molecular formula is C21H25KN6O6. The number of morpholine rings is 2. The Morgan fingerprint density at radius 1 is 0.971 bits per heavy atom. The van der Waals surface area contributed by atoms with Crippen LogP contribution in [-0.2, 0) is 26.1 Å². The fourth-order valence-corrected chi connectivity index (χ4v) is 3.74. The number of carbonyl (C=O) groups excluding carboxylic acids is 3. The molecular weight excluding hydrogens is 471 g/mol. The first kappa shape index (κ1) is 26.7. The van der Waals surface area contributed by atoms with E-state index in [-0.39, 0.29) is 85.7 Å². The maximum atomic E-state index is 12.9. The average Bonchev–Trinajstić information content (AvgIpc) is 3.29. The molecule has 2 fully saturated rings. The SMILES string of the molecule is CN1N=C(C(=O)N2CCOCC2)C(=CC=Cc2c(C(=O)N3CCOCC3)nn(C)c2[O-])C1=O.[K+]. The van der Waals surface area contributed by atoms with Crippen LogP contribution in [0.25, 0.3) is 6.08 Å². The van der Waals surface area contributed by atoms with Gasteiger partial charge in [-0.15, -0.1) is 0 Å². The Morgan fingerprint density at radius 2 is 1.53 bits per heavy atom. The summed E-state index contributed by atoms with van der Waals surface area (Å²) in [6.45, 7) is 3.37. The number of hydrazone groups is 1. The van der Waals surface area contributed by atoms with Crippen molar-refractivity contribution in [2.24, 2.45) is 12.1 Å². The van der Waals surface area contributed by atoms with Gasteiger partial charge in [-0.05, 0) is 12.0 Å². The number of rotatable bonds is 4. The fraction of sp³-hybridized carbons (Fsp3) is 0.476. The first-order valence-corrected chi connectivity index (χ1v) is 10.6. The number of likely N-dealkylation sites (N-methyl/N-ethyl adjacent to an activating group) is 1. The normalized spacial score (nSPS) is 20.2. The first-order valence-electron chi connectivity index (χ1n) is 10.6. The molecule has 0 spiro atoms. The summed E-state index contributed by atoms with van der Waals surface area (Å²) < 4.78 is 11.6. The van der Waals surface area contributed by atoms with Gasteiger partial charge in [0.05, 0.1) is 32.0 Å². The minimum Gasteiger partial charge on any atom is -0.858 e. The molecule has 0 aliphatic carbocycles. The van der Waals surface area contributed by atoms with E-state index in [0.717, 1.165) is 9.69 Å². The van der Waals surface area contributed by atoms with E-state index in [1.54, 1.807) is 9.80 Å². The molecule has 12 nitrogen and oxygen atoms in total. The van der Waals surface area contributed by atoms with Crippen LogP contribution >= 0.6 is 0 Å². The number of nitrogens with zero attached hydrogens (tertiary/aromatic N) is 6. The molecule has 3 amide bonds. The van der Waals surface area contributed by atoms with Gasteiger partial charge in [-0.2, -0.15) is 10.2 Å². The number of aryl methyl sites for hydroxylation is 1. The quantitative estimate of drug-likeness (QED) is 0.304. The van der Waals surface area contributed by atoms with Crippen LogP contribution in [0.2, 0.25) is 0 Å². The minimum atomic E-state index is -0.436. The summed E-state index contributed by atoms with van der Waals surface area (Å²) in [5.74, 6) is -1.58. The maximum absolute atomic E-state index is 12.9. The Morgan fingerprint density at radius 3 is 2.12 bits per heavy atom. The Bertz CT molecular complexity index is 1050. The number of hydrogen-bond acceptors (Lipinski definition) is 8. The molecule has 0 aromatic carbocycles. The molecule has 4 heterocycles.